The van der Waals surface area contributed by atoms with Crippen molar-refractivity contribution < 1.29 is 9.53 Å². The molecular formula is C29H35N7O2. The summed E-state index contributed by atoms with van der Waals surface area (Å²) in [5.41, 5.74) is 1.56. The summed E-state index contributed by atoms with van der Waals surface area (Å²) in [6.45, 7) is 10.3. The van der Waals surface area contributed by atoms with E-state index in [0.717, 1.165) is 43.7 Å². The van der Waals surface area contributed by atoms with E-state index in [-0.39, 0.29) is 5.91 Å². The summed E-state index contributed by atoms with van der Waals surface area (Å²) in [6, 6.07) is 12.8. The Balaban J connectivity index is 1.37. The summed E-state index contributed by atoms with van der Waals surface area (Å²) in [7, 11) is 0. The second kappa shape index (κ2) is 12.6. The molecule has 3 heterocycles. The van der Waals surface area contributed by atoms with Crippen LogP contribution in [-0.4, -0.2) is 52.8 Å². The molecule has 1 saturated carbocycles. The van der Waals surface area contributed by atoms with Crippen molar-refractivity contribution in [2.75, 3.05) is 36.5 Å². The Bertz CT molecular complexity index is 1220. The van der Waals surface area contributed by atoms with Crippen LogP contribution in [0.25, 0.3) is 10.7 Å². The molecule has 9 nitrogen and oxygen atoms in total. The zero-order valence-corrected chi connectivity index (χ0v) is 21.7. The minimum atomic E-state index is -0.412. The molecule has 1 aliphatic heterocycles. The van der Waals surface area contributed by atoms with E-state index < -0.39 is 6.04 Å². The van der Waals surface area contributed by atoms with Crippen LogP contribution in [0.4, 0.5) is 17.5 Å². The molecule has 38 heavy (non-hydrogen) atoms. The first kappa shape index (κ1) is 25.7. The third-order valence-electron chi connectivity index (χ3n) is 7.33. The van der Waals surface area contributed by atoms with Crippen LogP contribution >= 0.6 is 0 Å². The number of nitrogens with zero attached hydrogens (tertiary/aromatic N) is 5. The van der Waals surface area contributed by atoms with Crippen molar-refractivity contribution in [3.63, 3.8) is 0 Å². The molecule has 2 aromatic heterocycles. The smallest absolute Gasteiger partial charge is 0.242 e. The molecule has 1 unspecified atom stereocenters. The fraction of sp³-hybridized carbons (Fsp3) is 0.448. The molecule has 1 atom stereocenters. The monoisotopic (exact) mass is 513 g/mol. The molecule has 2 fully saturated rings. The minimum Gasteiger partial charge on any atom is -0.378 e. The standard InChI is InChI=1S/C29H35N7O2/c1-30-24-11-9-23(10-12-24)21-31-28(37)25(19-22-7-3-2-4-8-22)32-26-20-27(35-13-5-6-14-35)34-29(33-26)36-15-17-38-18-16-36/h5-6,9-14,20,22,25H,2-4,7-8,15-19,21H2,(H,31,37)(H,32,33,34). The number of anilines is 2. The zero-order valence-electron chi connectivity index (χ0n) is 21.7. The first-order valence-corrected chi connectivity index (χ1v) is 13.5. The van der Waals surface area contributed by atoms with E-state index in [9.17, 15) is 4.79 Å². The van der Waals surface area contributed by atoms with Crippen LogP contribution in [0.2, 0.25) is 0 Å². The Kier molecular flexibility index (Phi) is 8.51. The third kappa shape index (κ3) is 6.69. The fourth-order valence-electron chi connectivity index (χ4n) is 5.19. The SMILES string of the molecule is [C-]#[N+]c1ccc(CNC(=O)C(CC2CCCCC2)Nc2cc(-n3cccc3)nc(N3CCOCC3)n2)cc1. The summed E-state index contributed by atoms with van der Waals surface area (Å²) >= 11 is 0. The molecule has 1 amide bonds. The molecule has 9 heteroatoms. The van der Waals surface area contributed by atoms with Crippen molar-refractivity contribution in [3.8, 4) is 5.82 Å². The van der Waals surface area contributed by atoms with Crippen molar-refractivity contribution in [3.05, 3.63) is 71.8 Å². The number of morpholine rings is 1. The van der Waals surface area contributed by atoms with Crippen LogP contribution in [0.5, 0.6) is 0 Å². The topological polar surface area (TPSA) is 88.7 Å². The van der Waals surface area contributed by atoms with Gasteiger partial charge in [0.1, 0.15) is 17.7 Å². The van der Waals surface area contributed by atoms with Crippen molar-refractivity contribution >= 4 is 23.4 Å². The van der Waals surface area contributed by atoms with Gasteiger partial charge < -0.3 is 24.8 Å². The average Bonchev–Trinajstić information content (AvgIpc) is 3.52. The molecule has 2 aliphatic rings. The maximum absolute atomic E-state index is 13.5. The van der Waals surface area contributed by atoms with Gasteiger partial charge in [-0.15, -0.1) is 0 Å². The summed E-state index contributed by atoms with van der Waals surface area (Å²) in [6.07, 6.45) is 10.7. The van der Waals surface area contributed by atoms with Crippen LogP contribution < -0.4 is 15.5 Å². The van der Waals surface area contributed by atoms with Crippen LogP contribution in [0.1, 0.15) is 44.1 Å². The fourth-order valence-corrected chi connectivity index (χ4v) is 5.19. The van der Waals surface area contributed by atoms with Crippen molar-refractivity contribution in [2.24, 2.45) is 5.92 Å². The van der Waals surface area contributed by atoms with E-state index in [4.69, 9.17) is 21.3 Å². The summed E-state index contributed by atoms with van der Waals surface area (Å²) in [5.74, 6) is 2.50. The highest BCUT2D eigenvalue weighted by Crippen LogP contribution is 2.29. The molecule has 3 aromatic rings. The van der Waals surface area contributed by atoms with Gasteiger partial charge in [-0.1, -0.05) is 56.4 Å². The number of ether oxygens (including phenoxy) is 1. The summed E-state index contributed by atoms with van der Waals surface area (Å²) in [4.78, 5) is 28.8. The minimum absolute atomic E-state index is 0.0427. The first-order chi connectivity index (χ1) is 18.7. The number of benzene rings is 1. The number of aromatic nitrogens is 3. The van der Waals surface area contributed by atoms with Gasteiger partial charge in [0, 0.05) is 38.1 Å². The highest BCUT2D eigenvalue weighted by molar-refractivity contribution is 5.84. The normalized spacial score (nSPS) is 17.0. The number of amides is 1. The number of carbonyl (C=O) groups is 1. The summed E-state index contributed by atoms with van der Waals surface area (Å²) in [5, 5.41) is 6.60. The predicted octanol–water partition coefficient (Wildman–Crippen LogP) is 4.72. The highest BCUT2D eigenvalue weighted by Gasteiger charge is 2.26. The number of hydrogen-bond donors (Lipinski definition) is 2. The largest absolute Gasteiger partial charge is 0.378 e. The molecular weight excluding hydrogens is 478 g/mol. The van der Waals surface area contributed by atoms with Crippen LogP contribution in [-0.2, 0) is 16.1 Å². The van der Waals surface area contributed by atoms with Gasteiger partial charge in [0.2, 0.25) is 11.9 Å². The van der Waals surface area contributed by atoms with E-state index in [1.165, 1.54) is 19.3 Å². The molecule has 0 spiro atoms. The number of nitrogens with one attached hydrogen (secondary N) is 2. The molecule has 5 rings (SSSR count). The molecule has 0 bridgehead atoms. The number of hydrogen-bond acceptors (Lipinski definition) is 6. The maximum Gasteiger partial charge on any atom is 0.242 e. The quantitative estimate of drug-likeness (QED) is 0.403. The lowest BCUT2D eigenvalue weighted by atomic mass is 9.84. The molecule has 198 valence electrons. The summed E-state index contributed by atoms with van der Waals surface area (Å²) < 4.78 is 7.48. The van der Waals surface area contributed by atoms with E-state index >= 15 is 0 Å². The van der Waals surface area contributed by atoms with Gasteiger partial charge in [0.15, 0.2) is 5.69 Å². The van der Waals surface area contributed by atoms with Gasteiger partial charge in [-0.3, -0.25) is 4.79 Å². The van der Waals surface area contributed by atoms with E-state index in [1.807, 2.05) is 47.3 Å². The number of rotatable bonds is 9. The highest BCUT2D eigenvalue weighted by atomic mass is 16.5. The molecule has 1 saturated heterocycles. The average molecular weight is 514 g/mol. The van der Waals surface area contributed by atoms with Crippen LogP contribution in [0.15, 0.2) is 54.9 Å². The van der Waals surface area contributed by atoms with Gasteiger partial charge in [-0.05, 0) is 30.0 Å². The predicted molar refractivity (Wildman–Crippen MR) is 148 cm³/mol. The molecule has 1 aliphatic carbocycles. The lowest BCUT2D eigenvalue weighted by Crippen LogP contribution is -2.41. The lowest BCUT2D eigenvalue weighted by molar-refractivity contribution is -0.122. The molecule has 0 radical (unpaired) electrons. The molecule has 2 N–H and O–H groups in total. The van der Waals surface area contributed by atoms with Gasteiger partial charge in [-0.25, -0.2) is 4.85 Å². The first-order valence-electron chi connectivity index (χ1n) is 13.5. The number of carbonyl (C=O) groups excluding carboxylic acids is 1. The van der Waals surface area contributed by atoms with Crippen molar-refractivity contribution in [1.82, 2.24) is 19.9 Å². The van der Waals surface area contributed by atoms with Gasteiger partial charge >= 0.3 is 0 Å². The van der Waals surface area contributed by atoms with Gasteiger partial charge in [0.25, 0.3) is 0 Å². The van der Waals surface area contributed by atoms with Crippen LogP contribution in [0, 0.1) is 12.5 Å². The van der Waals surface area contributed by atoms with Crippen molar-refractivity contribution in [2.45, 2.75) is 51.1 Å². The van der Waals surface area contributed by atoms with Gasteiger partial charge in [0.05, 0.1) is 19.8 Å². The Morgan fingerprint density at radius 1 is 1.08 bits per heavy atom. The lowest BCUT2D eigenvalue weighted by Gasteiger charge is -2.29. The second-order valence-electron chi connectivity index (χ2n) is 10.0. The third-order valence-corrected chi connectivity index (χ3v) is 7.33. The maximum atomic E-state index is 13.5. The van der Waals surface area contributed by atoms with E-state index in [1.54, 1.807) is 12.1 Å². The van der Waals surface area contributed by atoms with E-state index in [0.29, 0.717) is 43.1 Å². The molecule has 1 aromatic carbocycles. The zero-order chi connectivity index (χ0) is 26.2. The van der Waals surface area contributed by atoms with Crippen molar-refractivity contribution in [1.29, 1.82) is 0 Å². The van der Waals surface area contributed by atoms with Crippen LogP contribution in [0.3, 0.4) is 0 Å². The Morgan fingerprint density at radius 3 is 2.53 bits per heavy atom. The Labute approximate surface area is 224 Å². The Morgan fingerprint density at radius 2 is 1.82 bits per heavy atom. The van der Waals surface area contributed by atoms with E-state index in [2.05, 4.69) is 20.4 Å². The second-order valence-corrected chi connectivity index (χ2v) is 10.0. The Hall–Kier alpha value is -3.90. The van der Waals surface area contributed by atoms with Gasteiger partial charge in [-0.2, -0.15) is 9.97 Å².